The number of nitrogens with one attached hydrogen (secondary N) is 1. The maximum absolute atomic E-state index is 12.5. The van der Waals surface area contributed by atoms with Crippen molar-refractivity contribution < 1.29 is 4.79 Å². The molecule has 1 N–H and O–H groups in total. The number of hydrogen-bond acceptors (Lipinski definition) is 4. The third-order valence-electron chi connectivity index (χ3n) is 4.52. The molecule has 0 saturated carbocycles. The summed E-state index contributed by atoms with van der Waals surface area (Å²) in [6, 6.07) is 11.4. The maximum Gasteiger partial charge on any atom is 0.254 e. The molecule has 29 heavy (non-hydrogen) atoms. The average Bonchev–Trinajstić information content (AvgIpc) is 3.37. The van der Waals surface area contributed by atoms with Crippen LogP contribution in [-0.2, 0) is 13.1 Å². The summed E-state index contributed by atoms with van der Waals surface area (Å²) in [5, 5.41) is 7.86. The number of carbonyl (C=O) groups excluding carboxylic acids is 1. The SMILES string of the molecule is Cc1nccn1-c1cc(CNC(=O)c2cnn(Cc3ccccc3Cl)c2)ccn1. The monoisotopic (exact) mass is 406 g/mol. The molecule has 3 heterocycles. The van der Waals surface area contributed by atoms with Crippen molar-refractivity contribution in [3.05, 3.63) is 94.9 Å². The van der Waals surface area contributed by atoms with E-state index in [-0.39, 0.29) is 5.91 Å². The van der Waals surface area contributed by atoms with Gasteiger partial charge in [0.05, 0.1) is 18.3 Å². The van der Waals surface area contributed by atoms with E-state index < -0.39 is 0 Å². The summed E-state index contributed by atoms with van der Waals surface area (Å²) >= 11 is 6.19. The largest absolute Gasteiger partial charge is 0.348 e. The average molecular weight is 407 g/mol. The third kappa shape index (κ3) is 4.35. The van der Waals surface area contributed by atoms with E-state index in [1.807, 2.05) is 54.1 Å². The molecule has 3 aromatic heterocycles. The Balaban J connectivity index is 1.40. The zero-order valence-corrected chi connectivity index (χ0v) is 16.5. The Morgan fingerprint density at radius 3 is 2.83 bits per heavy atom. The van der Waals surface area contributed by atoms with Crippen LogP contribution in [0.2, 0.25) is 5.02 Å². The Kier molecular flexibility index (Phi) is 5.39. The number of halogens is 1. The van der Waals surface area contributed by atoms with Crippen molar-refractivity contribution in [3.63, 3.8) is 0 Å². The first kappa shape index (κ1) is 18.9. The Morgan fingerprint density at radius 2 is 2.03 bits per heavy atom. The quantitative estimate of drug-likeness (QED) is 0.532. The minimum absolute atomic E-state index is 0.187. The van der Waals surface area contributed by atoms with E-state index in [0.717, 1.165) is 22.8 Å². The normalized spacial score (nSPS) is 10.8. The molecule has 0 bridgehead atoms. The first-order valence-corrected chi connectivity index (χ1v) is 9.47. The Hall–Kier alpha value is -3.45. The lowest BCUT2D eigenvalue weighted by Gasteiger charge is -2.08. The van der Waals surface area contributed by atoms with Crippen molar-refractivity contribution in [2.75, 3.05) is 0 Å². The predicted molar refractivity (Wildman–Crippen MR) is 110 cm³/mol. The fourth-order valence-corrected chi connectivity index (χ4v) is 3.17. The number of benzene rings is 1. The molecule has 0 atom stereocenters. The van der Waals surface area contributed by atoms with Crippen LogP contribution in [0.3, 0.4) is 0 Å². The van der Waals surface area contributed by atoms with Crippen molar-refractivity contribution in [2.24, 2.45) is 0 Å². The molecule has 0 unspecified atom stereocenters. The van der Waals surface area contributed by atoms with Crippen LogP contribution >= 0.6 is 11.6 Å². The van der Waals surface area contributed by atoms with Gasteiger partial charge in [-0.15, -0.1) is 0 Å². The summed E-state index contributed by atoms with van der Waals surface area (Å²) in [5.74, 6) is 1.43. The second kappa shape index (κ2) is 8.28. The molecule has 0 radical (unpaired) electrons. The van der Waals surface area contributed by atoms with Gasteiger partial charge < -0.3 is 5.32 Å². The zero-order chi connectivity index (χ0) is 20.2. The summed E-state index contributed by atoms with van der Waals surface area (Å²) in [7, 11) is 0. The van der Waals surface area contributed by atoms with Gasteiger partial charge >= 0.3 is 0 Å². The highest BCUT2D eigenvalue weighted by molar-refractivity contribution is 6.31. The van der Waals surface area contributed by atoms with E-state index in [4.69, 9.17) is 11.6 Å². The molecule has 4 aromatic rings. The molecule has 0 spiro atoms. The summed E-state index contributed by atoms with van der Waals surface area (Å²) in [6.45, 7) is 2.80. The van der Waals surface area contributed by atoms with Gasteiger partial charge in [-0.1, -0.05) is 29.8 Å². The highest BCUT2D eigenvalue weighted by atomic mass is 35.5. The van der Waals surface area contributed by atoms with Gasteiger partial charge in [0.25, 0.3) is 5.91 Å². The second-order valence-corrected chi connectivity index (χ2v) is 6.97. The van der Waals surface area contributed by atoms with Crippen molar-refractivity contribution in [2.45, 2.75) is 20.0 Å². The number of aryl methyl sites for hydroxylation is 1. The van der Waals surface area contributed by atoms with Crippen molar-refractivity contribution in [1.82, 2.24) is 29.6 Å². The molecule has 1 aromatic carbocycles. The van der Waals surface area contributed by atoms with E-state index in [9.17, 15) is 4.79 Å². The number of amides is 1. The molecule has 0 aliphatic heterocycles. The third-order valence-corrected chi connectivity index (χ3v) is 4.89. The topological polar surface area (TPSA) is 77.6 Å². The van der Waals surface area contributed by atoms with Crippen LogP contribution in [0.4, 0.5) is 0 Å². The fraction of sp³-hybridized carbons (Fsp3) is 0.143. The minimum Gasteiger partial charge on any atom is -0.348 e. The highest BCUT2D eigenvalue weighted by Crippen LogP contribution is 2.16. The van der Waals surface area contributed by atoms with E-state index in [0.29, 0.717) is 23.7 Å². The van der Waals surface area contributed by atoms with Gasteiger partial charge in [0, 0.05) is 36.4 Å². The molecule has 7 nitrogen and oxygen atoms in total. The van der Waals surface area contributed by atoms with Crippen LogP contribution in [0, 0.1) is 6.92 Å². The van der Waals surface area contributed by atoms with Gasteiger partial charge in [-0.2, -0.15) is 5.10 Å². The minimum atomic E-state index is -0.187. The second-order valence-electron chi connectivity index (χ2n) is 6.57. The lowest BCUT2D eigenvalue weighted by atomic mass is 10.2. The smallest absolute Gasteiger partial charge is 0.254 e. The van der Waals surface area contributed by atoms with Crippen LogP contribution in [0.5, 0.6) is 0 Å². The van der Waals surface area contributed by atoms with Crippen LogP contribution in [-0.4, -0.2) is 30.2 Å². The predicted octanol–water partition coefficient (Wildman–Crippen LogP) is 3.40. The van der Waals surface area contributed by atoms with Crippen LogP contribution in [0.25, 0.3) is 5.82 Å². The standard InChI is InChI=1S/C21H19ClN6O/c1-15-23-8-9-28(15)20-10-16(6-7-24-20)11-25-21(29)18-12-26-27(14-18)13-17-4-2-3-5-19(17)22/h2-10,12,14H,11,13H2,1H3,(H,25,29). The molecule has 0 aliphatic rings. The number of pyridine rings is 1. The molecular weight excluding hydrogens is 388 g/mol. The number of imidazole rings is 1. The van der Waals surface area contributed by atoms with E-state index in [1.54, 1.807) is 29.5 Å². The number of hydrogen-bond donors (Lipinski definition) is 1. The fourth-order valence-electron chi connectivity index (χ4n) is 2.98. The number of aromatic nitrogens is 5. The summed E-state index contributed by atoms with van der Waals surface area (Å²) in [4.78, 5) is 21.1. The van der Waals surface area contributed by atoms with E-state index >= 15 is 0 Å². The van der Waals surface area contributed by atoms with E-state index in [2.05, 4.69) is 20.4 Å². The van der Waals surface area contributed by atoms with Crippen LogP contribution < -0.4 is 5.32 Å². The lowest BCUT2D eigenvalue weighted by molar-refractivity contribution is 0.0951. The van der Waals surface area contributed by atoms with Gasteiger partial charge in [0.2, 0.25) is 0 Å². The first-order chi connectivity index (χ1) is 14.1. The maximum atomic E-state index is 12.5. The van der Waals surface area contributed by atoms with Gasteiger partial charge in [-0.3, -0.25) is 14.0 Å². The molecule has 8 heteroatoms. The molecular formula is C21H19ClN6O. The first-order valence-electron chi connectivity index (χ1n) is 9.09. The van der Waals surface area contributed by atoms with Crippen molar-refractivity contribution in [3.8, 4) is 5.82 Å². The van der Waals surface area contributed by atoms with E-state index in [1.165, 1.54) is 0 Å². The highest BCUT2D eigenvalue weighted by Gasteiger charge is 2.10. The molecule has 0 fully saturated rings. The number of carbonyl (C=O) groups is 1. The number of nitrogens with zero attached hydrogens (tertiary/aromatic N) is 5. The molecule has 4 rings (SSSR count). The molecule has 0 saturated heterocycles. The van der Waals surface area contributed by atoms with Gasteiger partial charge in [-0.05, 0) is 36.2 Å². The molecule has 1 amide bonds. The van der Waals surface area contributed by atoms with Crippen LogP contribution in [0.1, 0.15) is 27.3 Å². The van der Waals surface area contributed by atoms with Gasteiger partial charge in [-0.25, -0.2) is 9.97 Å². The zero-order valence-electron chi connectivity index (χ0n) is 15.8. The lowest BCUT2D eigenvalue weighted by Crippen LogP contribution is -2.22. The number of rotatable bonds is 6. The molecule has 0 aliphatic carbocycles. The summed E-state index contributed by atoms with van der Waals surface area (Å²) < 4.78 is 3.59. The summed E-state index contributed by atoms with van der Waals surface area (Å²) in [5.41, 5.74) is 2.39. The van der Waals surface area contributed by atoms with Crippen LogP contribution in [0.15, 0.2) is 67.4 Å². The Labute approximate surface area is 173 Å². The Bertz CT molecular complexity index is 1150. The van der Waals surface area contributed by atoms with Crippen molar-refractivity contribution >= 4 is 17.5 Å². The van der Waals surface area contributed by atoms with Gasteiger partial charge in [0.1, 0.15) is 11.6 Å². The van der Waals surface area contributed by atoms with Gasteiger partial charge in [0.15, 0.2) is 0 Å². The van der Waals surface area contributed by atoms with Crippen molar-refractivity contribution in [1.29, 1.82) is 0 Å². The Morgan fingerprint density at radius 1 is 1.17 bits per heavy atom. The molecule has 146 valence electrons. The summed E-state index contributed by atoms with van der Waals surface area (Å²) in [6.07, 6.45) is 8.57.